The van der Waals surface area contributed by atoms with Crippen LogP contribution in [0.3, 0.4) is 0 Å². The smallest absolute Gasteiger partial charge is 0.324 e. The summed E-state index contributed by atoms with van der Waals surface area (Å²) in [7, 11) is 3.52. The summed E-state index contributed by atoms with van der Waals surface area (Å²) < 4.78 is 29.8. The van der Waals surface area contributed by atoms with Crippen LogP contribution in [-0.2, 0) is 29.1 Å². The number of anilines is 3. The first-order valence-corrected chi connectivity index (χ1v) is 20.2. The van der Waals surface area contributed by atoms with Crippen LogP contribution in [0.25, 0.3) is 11.1 Å². The van der Waals surface area contributed by atoms with E-state index in [0.29, 0.717) is 53.7 Å². The lowest BCUT2D eigenvalue weighted by Gasteiger charge is -2.39. The van der Waals surface area contributed by atoms with Gasteiger partial charge in [-0.05, 0) is 89.9 Å². The molecule has 0 bridgehead atoms. The van der Waals surface area contributed by atoms with Crippen LogP contribution in [0, 0.1) is 11.8 Å². The lowest BCUT2D eigenvalue weighted by atomic mass is 9.90. The number of aryl methyl sites for hydroxylation is 1. The van der Waals surface area contributed by atoms with E-state index < -0.39 is 24.3 Å². The molecule has 4 aliphatic rings. The Bertz CT molecular complexity index is 2510. The number of alkyl halides is 2. The van der Waals surface area contributed by atoms with Gasteiger partial charge < -0.3 is 20.0 Å². The highest BCUT2D eigenvalue weighted by Gasteiger charge is 2.40. The van der Waals surface area contributed by atoms with Gasteiger partial charge in [-0.1, -0.05) is 37.8 Å². The van der Waals surface area contributed by atoms with Gasteiger partial charge in [0.15, 0.2) is 0 Å². The number of urea groups is 1. The van der Waals surface area contributed by atoms with Gasteiger partial charge >= 0.3 is 6.03 Å². The van der Waals surface area contributed by atoms with Gasteiger partial charge in [-0.3, -0.25) is 34.4 Å². The number of carbonyl (C=O) groups is 5. The molecule has 6 amide bonds. The van der Waals surface area contributed by atoms with Crippen LogP contribution in [0.1, 0.15) is 106 Å². The maximum atomic E-state index is 14.9. The van der Waals surface area contributed by atoms with Gasteiger partial charge in [0.2, 0.25) is 11.8 Å². The molecule has 60 heavy (non-hydrogen) atoms. The van der Waals surface area contributed by atoms with E-state index in [1.165, 1.54) is 17.2 Å². The largest absolute Gasteiger partial charge is 0.350 e. The highest BCUT2D eigenvalue weighted by Crippen LogP contribution is 2.45. The minimum absolute atomic E-state index is 0.102. The molecule has 1 aromatic heterocycles. The van der Waals surface area contributed by atoms with Crippen LogP contribution in [0.5, 0.6) is 0 Å². The molecule has 4 aromatic rings. The predicted molar refractivity (Wildman–Crippen MR) is 222 cm³/mol. The quantitative estimate of drug-likeness (QED) is 0.113. The number of benzene rings is 3. The molecule has 1 saturated heterocycles. The number of pyridine rings is 1. The lowest BCUT2D eigenvalue weighted by molar-refractivity contribution is -0.136. The predicted octanol–water partition coefficient (Wildman–Crippen LogP) is 6.83. The molecule has 5 heterocycles. The molecule has 1 fully saturated rings. The van der Waals surface area contributed by atoms with E-state index in [1.807, 2.05) is 6.07 Å². The third-order valence-electron chi connectivity index (χ3n) is 11.8. The van der Waals surface area contributed by atoms with E-state index >= 15 is 0 Å². The maximum absolute atomic E-state index is 14.9. The summed E-state index contributed by atoms with van der Waals surface area (Å²) in [6.45, 7) is 5.66. The Hall–Kier alpha value is -6.62. The number of rotatable bonds is 8. The first-order chi connectivity index (χ1) is 28.8. The second kappa shape index (κ2) is 16.2. The summed E-state index contributed by atoms with van der Waals surface area (Å²) in [5.41, 5.74) is 8.09. The Morgan fingerprint density at radius 2 is 1.75 bits per heavy atom. The van der Waals surface area contributed by atoms with Crippen LogP contribution in [0.4, 0.5) is 30.6 Å². The molecular formula is C46H45F2N7O5. The van der Waals surface area contributed by atoms with E-state index in [-0.39, 0.29) is 61.0 Å². The molecule has 0 radical (unpaired) electrons. The second-order valence-electron chi connectivity index (χ2n) is 16.0. The number of amides is 6. The number of nitrogens with one attached hydrogen (secondary N) is 2. The molecule has 1 unspecified atom stereocenters. The summed E-state index contributed by atoms with van der Waals surface area (Å²) in [6, 6.07) is 15.2. The fourth-order valence-electron chi connectivity index (χ4n) is 8.57. The normalized spacial score (nSPS) is 17.4. The minimum atomic E-state index is -2.77. The van der Waals surface area contributed by atoms with Crippen molar-refractivity contribution in [3.63, 3.8) is 0 Å². The fourth-order valence-corrected chi connectivity index (χ4v) is 8.57. The van der Waals surface area contributed by atoms with Gasteiger partial charge in [0.05, 0.1) is 12.2 Å². The minimum Gasteiger partial charge on any atom is -0.350 e. The number of hydrogen-bond donors (Lipinski definition) is 2. The SMILES string of the molecule is CC(C)c1cc2c(c(N3CCCc4cc(-c5ccc(C(=O)NCCC#Cc6cccc7c6CN(C6CCC(=O)NC6=O)C7=O)nc5)c(C(F)F)cc43)c1)CN(C)C(=O)N2C. The first-order valence-electron chi connectivity index (χ1n) is 20.2. The molecule has 0 saturated carbocycles. The highest BCUT2D eigenvalue weighted by molar-refractivity contribution is 6.05. The summed E-state index contributed by atoms with van der Waals surface area (Å²) in [4.78, 5) is 74.4. The lowest BCUT2D eigenvalue weighted by Crippen LogP contribution is -2.52. The van der Waals surface area contributed by atoms with E-state index in [4.69, 9.17) is 0 Å². The third kappa shape index (κ3) is 7.44. The molecule has 1 atom stereocenters. The molecule has 14 heteroatoms. The number of hydrogen-bond acceptors (Lipinski definition) is 7. The van der Waals surface area contributed by atoms with Crippen LogP contribution in [0.2, 0.25) is 0 Å². The van der Waals surface area contributed by atoms with Crippen molar-refractivity contribution in [1.82, 2.24) is 25.4 Å². The zero-order valence-electron chi connectivity index (χ0n) is 33.9. The van der Waals surface area contributed by atoms with Gasteiger partial charge in [-0.25, -0.2) is 13.6 Å². The van der Waals surface area contributed by atoms with Crippen LogP contribution in [-0.4, -0.2) is 77.7 Å². The second-order valence-corrected chi connectivity index (χ2v) is 16.0. The molecule has 12 nitrogen and oxygen atoms in total. The average molecular weight is 814 g/mol. The van der Waals surface area contributed by atoms with E-state index in [1.54, 1.807) is 54.2 Å². The average Bonchev–Trinajstić information content (AvgIpc) is 3.57. The van der Waals surface area contributed by atoms with Gasteiger partial charge in [-0.15, -0.1) is 0 Å². The topological polar surface area (TPSA) is 135 Å². The first kappa shape index (κ1) is 40.2. The Morgan fingerprint density at radius 3 is 2.48 bits per heavy atom. The summed E-state index contributed by atoms with van der Waals surface area (Å²) >= 11 is 0. The molecule has 4 aliphatic heterocycles. The van der Waals surface area contributed by atoms with Crippen molar-refractivity contribution in [3.8, 4) is 23.0 Å². The summed E-state index contributed by atoms with van der Waals surface area (Å²) in [5.74, 6) is 4.78. The van der Waals surface area contributed by atoms with Gasteiger partial charge in [0.1, 0.15) is 11.7 Å². The number of aromatic nitrogens is 1. The molecular weight excluding hydrogens is 769 g/mol. The van der Waals surface area contributed by atoms with Crippen LogP contribution < -0.4 is 20.4 Å². The molecule has 2 N–H and O–H groups in total. The standard InChI is InChI=1S/C46H45F2N7O5/c1-26(2)30-20-39-35(24-52(3)46(60)53(39)4)40(21-30)54-18-8-11-28-19-32(33(42(47)48)22-38(28)54)29-13-14-36(50-23-29)43(57)49-17-6-5-9-27-10-7-12-31-34(27)25-55(45(31)59)37-15-16-41(56)51-44(37)58/h7,10,12-14,19-23,26,37,42H,6,8,11,15-18,24-25H2,1-4H3,(H,49,57)(H,51,56,58). The Kier molecular flexibility index (Phi) is 10.8. The monoisotopic (exact) mass is 813 g/mol. The van der Waals surface area contributed by atoms with Crippen LogP contribution >= 0.6 is 0 Å². The van der Waals surface area contributed by atoms with Crippen molar-refractivity contribution >= 4 is 46.7 Å². The van der Waals surface area contributed by atoms with Crippen LogP contribution in [0.15, 0.2) is 60.8 Å². The molecule has 0 spiro atoms. The van der Waals surface area contributed by atoms with E-state index in [9.17, 15) is 32.8 Å². The Balaban J connectivity index is 0.959. The van der Waals surface area contributed by atoms with Gasteiger partial charge in [0, 0.05) is 92.0 Å². The molecule has 308 valence electrons. The van der Waals surface area contributed by atoms with E-state index in [2.05, 4.69) is 58.3 Å². The van der Waals surface area contributed by atoms with E-state index in [0.717, 1.165) is 40.2 Å². The Morgan fingerprint density at radius 1 is 0.950 bits per heavy atom. The van der Waals surface area contributed by atoms with Crippen molar-refractivity contribution in [2.45, 2.75) is 77.4 Å². The summed E-state index contributed by atoms with van der Waals surface area (Å²) in [5, 5.41) is 5.11. The van der Waals surface area contributed by atoms with Gasteiger partial charge in [-0.2, -0.15) is 0 Å². The number of piperidine rings is 1. The zero-order chi connectivity index (χ0) is 42.4. The van der Waals surface area contributed by atoms with Crippen molar-refractivity contribution in [2.75, 3.05) is 37.0 Å². The van der Waals surface area contributed by atoms with Crippen molar-refractivity contribution in [1.29, 1.82) is 0 Å². The number of imide groups is 1. The highest BCUT2D eigenvalue weighted by atomic mass is 19.3. The number of halogens is 2. The number of nitrogens with zero attached hydrogens (tertiary/aromatic N) is 5. The van der Waals surface area contributed by atoms with Crippen molar-refractivity contribution in [3.05, 3.63) is 105 Å². The number of fused-ring (bicyclic) bond motifs is 3. The molecule has 0 aliphatic carbocycles. The molecule has 3 aromatic carbocycles. The third-order valence-corrected chi connectivity index (χ3v) is 11.8. The zero-order valence-corrected chi connectivity index (χ0v) is 33.9. The maximum Gasteiger partial charge on any atom is 0.324 e. The van der Waals surface area contributed by atoms with Gasteiger partial charge in [0.25, 0.3) is 18.2 Å². The Labute approximate surface area is 346 Å². The van der Waals surface area contributed by atoms with Crippen molar-refractivity contribution < 1.29 is 32.8 Å². The molecule has 8 rings (SSSR count). The summed E-state index contributed by atoms with van der Waals surface area (Å²) in [6.07, 6.45) is 0.930. The number of carbonyl (C=O) groups excluding carboxylic acids is 5. The fraction of sp³-hybridized carbons (Fsp3) is 0.348. The van der Waals surface area contributed by atoms with Crippen molar-refractivity contribution in [2.24, 2.45) is 0 Å².